The number of carbonyl (C=O) groups is 1. The maximum Gasteiger partial charge on any atom is 0.406 e. The number of hydrogen-bond donors (Lipinski definition) is 1. The first kappa shape index (κ1) is 9.32. The molecule has 0 spiro atoms. The lowest BCUT2D eigenvalue weighted by atomic mass is 10.1. The topological polar surface area (TPSA) is 50.9 Å². The Labute approximate surface area is 72.2 Å². The van der Waals surface area contributed by atoms with E-state index < -0.39 is 6.09 Å². The summed E-state index contributed by atoms with van der Waals surface area (Å²) in [7, 11) is 1.54. The summed E-state index contributed by atoms with van der Waals surface area (Å²) >= 11 is 0. The van der Waals surface area contributed by atoms with Gasteiger partial charge in [0, 0.05) is 7.05 Å². The van der Waals surface area contributed by atoms with E-state index in [9.17, 15) is 4.79 Å². The van der Waals surface area contributed by atoms with Crippen LogP contribution in [0.4, 0.5) is 4.79 Å². The van der Waals surface area contributed by atoms with Gasteiger partial charge in [0.25, 0.3) is 0 Å². The molecule has 1 saturated heterocycles. The number of nitrogens with one attached hydrogen (secondary N) is 1. The van der Waals surface area contributed by atoms with E-state index in [0.29, 0.717) is 12.5 Å². The standard InChI is InChI=1S/C8H15NO3/c1-5(2)7-6(12-7)4-11-8(10)9-3/h5-7H,4H2,1-3H3,(H,9,10). The highest BCUT2D eigenvalue weighted by atomic mass is 16.6. The summed E-state index contributed by atoms with van der Waals surface area (Å²) in [6.07, 6.45) is -0.00929. The maximum absolute atomic E-state index is 10.6. The summed E-state index contributed by atoms with van der Waals surface area (Å²) in [6.45, 7) is 4.54. The molecule has 0 aromatic rings. The Balaban J connectivity index is 2.08. The largest absolute Gasteiger partial charge is 0.447 e. The van der Waals surface area contributed by atoms with Crippen molar-refractivity contribution in [2.75, 3.05) is 13.7 Å². The highest BCUT2D eigenvalue weighted by Crippen LogP contribution is 2.28. The fourth-order valence-corrected chi connectivity index (χ4v) is 1.11. The van der Waals surface area contributed by atoms with E-state index in [1.54, 1.807) is 0 Å². The average molecular weight is 173 g/mol. The second-order valence-electron chi connectivity index (χ2n) is 3.23. The van der Waals surface area contributed by atoms with Crippen molar-refractivity contribution in [3.63, 3.8) is 0 Å². The van der Waals surface area contributed by atoms with Crippen LogP contribution in [0.3, 0.4) is 0 Å². The van der Waals surface area contributed by atoms with Gasteiger partial charge >= 0.3 is 6.09 Å². The van der Waals surface area contributed by atoms with Gasteiger partial charge in [0.1, 0.15) is 12.7 Å². The molecule has 1 aliphatic heterocycles. The smallest absolute Gasteiger partial charge is 0.406 e. The first-order chi connectivity index (χ1) is 5.65. The van der Waals surface area contributed by atoms with Crippen LogP contribution >= 0.6 is 0 Å². The summed E-state index contributed by atoms with van der Waals surface area (Å²) in [5, 5.41) is 2.38. The lowest BCUT2D eigenvalue weighted by molar-refractivity contribution is 0.138. The predicted octanol–water partition coefficient (Wildman–Crippen LogP) is 0.766. The first-order valence-electron chi connectivity index (χ1n) is 4.15. The van der Waals surface area contributed by atoms with Gasteiger partial charge in [0.2, 0.25) is 0 Å². The molecule has 0 saturated carbocycles. The lowest BCUT2D eigenvalue weighted by Crippen LogP contribution is -2.22. The molecule has 2 unspecified atom stereocenters. The normalized spacial score (nSPS) is 27.0. The molecule has 1 amide bonds. The minimum atomic E-state index is -0.395. The fourth-order valence-electron chi connectivity index (χ4n) is 1.11. The summed E-state index contributed by atoms with van der Waals surface area (Å²) in [5.74, 6) is 0.503. The fraction of sp³-hybridized carbons (Fsp3) is 0.875. The predicted molar refractivity (Wildman–Crippen MR) is 43.9 cm³/mol. The number of epoxide rings is 1. The molecule has 0 radical (unpaired) electrons. The van der Waals surface area contributed by atoms with Crippen LogP contribution in [0.5, 0.6) is 0 Å². The quantitative estimate of drug-likeness (QED) is 0.641. The lowest BCUT2D eigenvalue weighted by Gasteiger charge is -2.01. The van der Waals surface area contributed by atoms with E-state index in [1.807, 2.05) is 0 Å². The van der Waals surface area contributed by atoms with Gasteiger partial charge in [-0.3, -0.25) is 0 Å². The molecule has 4 nitrogen and oxygen atoms in total. The molecule has 0 bridgehead atoms. The van der Waals surface area contributed by atoms with E-state index in [0.717, 1.165) is 0 Å². The molecule has 2 atom stereocenters. The highest BCUT2D eigenvalue weighted by Gasteiger charge is 2.41. The van der Waals surface area contributed by atoms with Crippen molar-refractivity contribution < 1.29 is 14.3 Å². The Bertz CT molecular complexity index is 170. The van der Waals surface area contributed by atoms with Crippen molar-refractivity contribution in [1.82, 2.24) is 5.32 Å². The third-order valence-electron chi connectivity index (χ3n) is 1.86. The molecule has 4 heteroatoms. The van der Waals surface area contributed by atoms with E-state index in [4.69, 9.17) is 9.47 Å². The van der Waals surface area contributed by atoms with Gasteiger partial charge in [0.05, 0.1) is 6.10 Å². The Morgan fingerprint density at radius 2 is 2.33 bits per heavy atom. The third-order valence-corrected chi connectivity index (χ3v) is 1.86. The van der Waals surface area contributed by atoms with Crippen LogP contribution in [0.25, 0.3) is 0 Å². The van der Waals surface area contributed by atoms with Crippen LogP contribution < -0.4 is 5.32 Å². The Kier molecular flexibility index (Phi) is 2.92. The minimum Gasteiger partial charge on any atom is -0.447 e. The van der Waals surface area contributed by atoms with Gasteiger partial charge in [-0.05, 0) is 5.92 Å². The minimum absolute atomic E-state index is 0.113. The SMILES string of the molecule is CNC(=O)OCC1OC1C(C)C. The van der Waals surface area contributed by atoms with E-state index in [2.05, 4.69) is 19.2 Å². The van der Waals surface area contributed by atoms with Crippen LogP contribution in [0.15, 0.2) is 0 Å². The van der Waals surface area contributed by atoms with Crippen molar-refractivity contribution in [3.8, 4) is 0 Å². The molecule has 0 aliphatic carbocycles. The summed E-state index contributed by atoms with van der Waals surface area (Å²) in [5.41, 5.74) is 0. The molecule has 1 fully saturated rings. The molecule has 0 aromatic heterocycles. The van der Waals surface area contributed by atoms with Crippen LogP contribution in [0.1, 0.15) is 13.8 Å². The Morgan fingerprint density at radius 1 is 1.67 bits per heavy atom. The van der Waals surface area contributed by atoms with Gasteiger partial charge in [-0.15, -0.1) is 0 Å². The third kappa shape index (κ3) is 2.37. The summed E-state index contributed by atoms with van der Waals surface area (Å²) in [6, 6.07) is 0. The van der Waals surface area contributed by atoms with Crippen molar-refractivity contribution in [2.24, 2.45) is 5.92 Å². The summed E-state index contributed by atoms with van der Waals surface area (Å²) in [4.78, 5) is 10.6. The molecule has 0 aromatic carbocycles. The van der Waals surface area contributed by atoms with Crippen LogP contribution in [-0.4, -0.2) is 32.0 Å². The zero-order valence-corrected chi connectivity index (χ0v) is 7.66. The second-order valence-corrected chi connectivity index (χ2v) is 3.23. The molecule has 12 heavy (non-hydrogen) atoms. The number of carbonyl (C=O) groups excluding carboxylic acids is 1. The van der Waals surface area contributed by atoms with Crippen molar-refractivity contribution in [1.29, 1.82) is 0 Å². The number of ether oxygens (including phenoxy) is 2. The molecule has 70 valence electrons. The van der Waals surface area contributed by atoms with Crippen molar-refractivity contribution >= 4 is 6.09 Å². The van der Waals surface area contributed by atoms with Crippen molar-refractivity contribution in [2.45, 2.75) is 26.1 Å². The van der Waals surface area contributed by atoms with Gasteiger partial charge in [-0.1, -0.05) is 13.8 Å². The highest BCUT2D eigenvalue weighted by molar-refractivity contribution is 5.66. The number of amides is 1. The Morgan fingerprint density at radius 3 is 2.75 bits per heavy atom. The van der Waals surface area contributed by atoms with Gasteiger partial charge in [-0.25, -0.2) is 4.79 Å². The molecular weight excluding hydrogens is 158 g/mol. The zero-order valence-electron chi connectivity index (χ0n) is 7.66. The van der Waals surface area contributed by atoms with Crippen LogP contribution in [0.2, 0.25) is 0 Å². The van der Waals surface area contributed by atoms with Crippen molar-refractivity contribution in [3.05, 3.63) is 0 Å². The van der Waals surface area contributed by atoms with E-state index in [1.165, 1.54) is 7.05 Å². The maximum atomic E-state index is 10.6. The van der Waals surface area contributed by atoms with Gasteiger partial charge in [-0.2, -0.15) is 0 Å². The van der Waals surface area contributed by atoms with Crippen LogP contribution in [-0.2, 0) is 9.47 Å². The first-order valence-corrected chi connectivity index (χ1v) is 4.15. The second kappa shape index (κ2) is 3.76. The van der Waals surface area contributed by atoms with E-state index >= 15 is 0 Å². The van der Waals surface area contributed by atoms with Crippen LogP contribution in [0, 0.1) is 5.92 Å². The number of rotatable bonds is 3. The molecule has 1 N–H and O–H groups in total. The zero-order chi connectivity index (χ0) is 9.14. The molecular formula is C8H15NO3. The van der Waals surface area contributed by atoms with Gasteiger partial charge < -0.3 is 14.8 Å². The van der Waals surface area contributed by atoms with E-state index in [-0.39, 0.29) is 12.2 Å². The monoisotopic (exact) mass is 173 g/mol. The van der Waals surface area contributed by atoms with Gasteiger partial charge in [0.15, 0.2) is 0 Å². The molecule has 1 rings (SSSR count). The number of hydrogen-bond acceptors (Lipinski definition) is 3. The Hall–Kier alpha value is -0.770. The average Bonchev–Trinajstić information content (AvgIpc) is 2.79. The summed E-state index contributed by atoms with van der Waals surface area (Å²) < 4.78 is 10.1. The number of alkyl carbamates (subject to hydrolysis) is 1. The molecule has 1 aliphatic rings. The molecule has 1 heterocycles.